The lowest BCUT2D eigenvalue weighted by atomic mass is 9.77. The van der Waals surface area contributed by atoms with E-state index in [9.17, 15) is 13.2 Å². The molecule has 1 aliphatic rings. The van der Waals surface area contributed by atoms with Crippen LogP contribution in [0.3, 0.4) is 0 Å². The minimum absolute atomic E-state index is 0.212. The fraction of sp³-hybridized carbons (Fsp3) is 0.467. The predicted molar refractivity (Wildman–Crippen MR) is 66.0 cm³/mol. The first kappa shape index (κ1) is 13.2. The average molecular weight is 254 g/mol. The first-order chi connectivity index (χ1) is 8.65. The molecule has 0 spiro atoms. The molecule has 0 bridgehead atoms. The summed E-state index contributed by atoms with van der Waals surface area (Å²) in [6.45, 7) is 0. The van der Waals surface area contributed by atoms with Crippen molar-refractivity contribution in [1.29, 1.82) is 0 Å². The number of rotatable bonds is 3. The summed E-state index contributed by atoms with van der Waals surface area (Å²) in [7, 11) is 0. The highest BCUT2D eigenvalue weighted by Crippen LogP contribution is 2.37. The molecule has 0 amide bonds. The van der Waals surface area contributed by atoms with Gasteiger partial charge in [0.2, 0.25) is 0 Å². The van der Waals surface area contributed by atoms with E-state index in [4.69, 9.17) is 0 Å². The standard InChI is InChI=1S/C15H17F3/c16-14-8-6-13(7-9-14)12-4-1-11(2-5-12)3-10-15(17)18/h6-12H,1-5H2. The molecule has 3 heteroatoms. The van der Waals surface area contributed by atoms with Crippen LogP contribution >= 0.6 is 0 Å². The molecule has 0 radical (unpaired) electrons. The van der Waals surface area contributed by atoms with Crippen LogP contribution in [0.2, 0.25) is 0 Å². The van der Waals surface area contributed by atoms with Crippen molar-refractivity contribution in [1.82, 2.24) is 0 Å². The summed E-state index contributed by atoms with van der Waals surface area (Å²) in [6.07, 6.45) is 3.92. The number of allylic oxidation sites excluding steroid dienone is 1. The van der Waals surface area contributed by atoms with Crippen LogP contribution < -0.4 is 0 Å². The van der Waals surface area contributed by atoms with Gasteiger partial charge in [-0.1, -0.05) is 12.1 Å². The predicted octanol–water partition coefficient (Wildman–Crippen LogP) is 5.27. The van der Waals surface area contributed by atoms with Gasteiger partial charge in [0.05, 0.1) is 0 Å². The van der Waals surface area contributed by atoms with Gasteiger partial charge in [0.15, 0.2) is 0 Å². The summed E-state index contributed by atoms with van der Waals surface area (Å²) in [5.41, 5.74) is 1.17. The monoisotopic (exact) mass is 254 g/mol. The molecular weight excluding hydrogens is 237 g/mol. The van der Waals surface area contributed by atoms with E-state index < -0.39 is 6.08 Å². The molecule has 0 aliphatic heterocycles. The van der Waals surface area contributed by atoms with E-state index in [0.717, 1.165) is 31.8 Å². The lowest BCUT2D eigenvalue weighted by Crippen LogP contribution is -2.12. The van der Waals surface area contributed by atoms with Crippen molar-refractivity contribution in [3.8, 4) is 0 Å². The van der Waals surface area contributed by atoms with E-state index in [1.54, 1.807) is 0 Å². The van der Waals surface area contributed by atoms with Crippen LogP contribution in [0.25, 0.3) is 0 Å². The number of halogens is 3. The summed E-state index contributed by atoms with van der Waals surface area (Å²) < 4.78 is 36.8. The first-order valence-corrected chi connectivity index (χ1v) is 6.42. The van der Waals surface area contributed by atoms with E-state index in [2.05, 4.69) is 0 Å². The molecule has 0 aromatic heterocycles. The second kappa shape index (κ2) is 6.07. The van der Waals surface area contributed by atoms with Crippen LogP contribution in [0.4, 0.5) is 13.2 Å². The maximum absolute atomic E-state index is 12.8. The number of benzene rings is 1. The van der Waals surface area contributed by atoms with Crippen LogP contribution in [-0.4, -0.2) is 0 Å². The van der Waals surface area contributed by atoms with E-state index in [-0.39, 0.29) is 5.82 Å². The van der Waals surface area contributed by atoms with Crippen molar-refractivity contribution in [3.63, 3.8) is 0 Å². The fourth-order valence-corrected chi connectivity index (χ4v) is 2.72. The maximum Gasteiger partial charge on any atom is 0.266 e. The van der Waals surface area contributed by atoms with Gasteiger partial charge < -0.3 is 0 Å². The van der Waals surface area contributed by atoms with E-state index in [1.807, 2.05) is 12.1 Å². The molecule has 0 heterocycles. The minimum Gasteiger partial charge on any atom is -0.207 e. The van der Waals surface area contributed by atoms with Gasteiger partial charge in [-0.3, -0.25) is 0 Å². The maximum atomic E-state index is 12.8. The van der Waals surface area contributed by atoms with Crippen LogP contribution in [0.1, 0.15) is 43.6 Å². The summed E-state index contributed by atoms with van der Waals surface area (Å²) in [5.74, 6) is 0.625. The molecule has 98 valence electrons. The Bertz CT molecular complexity index is 396. The molecule has 2 rings (SSSR count). The minimum atomic E-state index is -1.57. The Kier molecular flexibility index (Phi) is 4.45. The number of hydrogen-bond acceptors (Lipinski definition) is 0. The highest BCUT2D eigenvalue weighted by molar-refractivity contribution is 5.20. The number of hydrogen-bond donors (Lipinski definition) is 0. The smallest absolute Gasteiger partial charge is 0.207 e. The van der Waals surface area contributed by atoms with Gasteiger partial charge >= 0.3 is 0 Å². The summed E-state index contributed by atoms with van der Waals surface area (Å²) in [5, 5.41) is 0. The van der Waals surface area contributed by atoms with E-state index in [0.29, 0.717) is 18.3 Å². The molecule has 1 saturated carbocycles. The lowest BCUT2D eigenvalue weighted by molar-refractivity contribution is 0.322. The van der Waals surface area contributed by atoms with Gasteiger partial charge in [0.1, 0.15) is 5.82 Å². The zero-order chi connectivity index (χ0) is 13.0. The third-order valence-corrected chi connectivity index (χ3v) is 3.79. The molecular formula is C15H17F3. The van der Waals surface area contributed by atoms with Crippen LogP contribution in [0, 0.1) is 11.7 Å². The van der Waals surface area contributed by atoms with Gasteiger partial charge in [0.25, 0.3) is 6.08 Å². The molecule has 0 saturated heterocycles. The van der Waals surface area contributed by atoms with Gasteiger partial charge in [0, 0.05) is 0 Å². The third-order valence-electron chi connectivity index (χ3n) is 3.79. The van der Waals surface area contributed by atoms with Gasteiger partial charge in [-0.25, -0.2) is 4.39 Å². The Hall–Kier alpha value is -1.25. The second-order valence-electron chi connectivity index (χ2n) is 5.00. The van der Waals surface area contributed by atoms with Crippen LogP contribution in [-0.2, 0) is 0 Å². The first-order valence-electron chi connectivity index (χ1n) is 6.42. The zero-order valence-electron chi connectivity index (χ0n) is 10.2. The van der Waals surface area contributed by atoms with Crippen molar-refractivity contribution in [3.05, 3.63) is 47.8 Å². The van der Waals surface area contributed by atoms with Gasteiger partial charge in [-0.05, 0) is 67.7 Å². The highest BCUT2D eigenvalue weighted by atomic mass is 19.3. The van der Waals surface area contributed by atoms with Crippen molar-refractivity contribution in [2.45, 2.75) is 38.0 Å². The lowest BCUT2D eigenvalue weighted by Gasteiger charge is -2.28. The normalized spacial score (nSPS) is 23.7. The average Bonchev–Trinajstić information content (AvgIpc) is 2.38. The molecule has 1 fully saturated rings. The Balaban J connectivity index is 1.86. The SMILES string of the molecule is FC(F)=CCC1CCC(c2ccc(F)cc2)CC1. The summed E-state index contributed by atoms with van der Waals surface area (Å²) >= 11 is 0. The molecule has 1 aromatic carbocycles. The Morgan fingerprint density at radius 3 is 2.22 bits per heavy atom. The molecule has 1 aromatic rings. The fourth-order valence-electron chi connectivity index (χ4n) is 2.72. The largest absolute Gasteiger partial charge is 0.266 e. The Labute approximate surface area is 106 Å². The van der Waals surface area contributed by atoms with Crippen molar-refractivity contribution in [2.24, 2.45) is 5.92 Å². The van der Waals surface area contributed by atoms with Crippen molar-refractivity contribution in [2.75, 3.05) is 0 Å². The van der Waals surface area contributed by atoms with Crippen molar-refractivity contribution >= 4 is 0 Å². The summed E-state index contributed by atoms with van der Waals surface area (Å²) in [4.78, 5) is 0. The molecule has 0 N–H and O–H groups in total. The molecule has 18 heavy (non-hydrogen) atoms. The third kappa shape index (κ3) is 3.62. The molecule has 0 nitrogen and oxygen atoms in total. The van der Waals surface area contributed by atoms with Crippen LogP contribution in [0.15, 0.2) is 36.4 Å². The second-order valence-corrected chi connectivity index (χ2v) is 5.00. The van der Waals surface area contributed by atoms with E-state index >= 15 is 0 Å². The van der Waals surface area contributed by atoms with Gasteiger partial charge in [-0.2, -0.15) is 8.78 Å². The zero-order valence-corrected chi connectivity index (χ0v) is 10.2. The quantitative estimate of drug-likeness (QED) is 0.689. The molecule has 0 atom stereocenters. The summed E-state index contributed by atoms with van der Waals surface area (Å²) in [6, 6.07) is 6.65. The Morgan fingerprint density at radius 2 is 1.67 bits per heavy atom. The van der Waals surface area contributed by atoms with Crippen LogP contribution in [0.5, 0.6) is 0 Å². The topological polar surface area (TPSA) is 0 Å². The van der Waals surface area contributed by atoms with Gasteiger partial charge in [-0.15, -0.1) is 0 Å². The Morgan fingerprint density at radius 1 is 1.06 bits per heavy atom. The highest BCUT2D eigenvalue weighted by Gasteiger charge is 2.21. The van der Waals surface area contributed by atoms with E-state index in [1.165, 1.54) is 17.7 Å². The molecule has 0 unspecified atom stereocenters. The van der Waals surface area contributed by atoms with Crippen molar-refractivity contribution < 1.29 is 13.2 Å². The molecule has 1 aliphatic carbocycles.